The van der Waals surface area contributed by atoms with Crippen molar-refractivity contribution in [1.29, 1.82) is 0 Å². The average Bonchev–Trinajstić information content (AvgIpc) is 2.60. The van der Waals surface area contributed by atoms with Gasteiger partial charge < -0.3 is 14.1 Å². The lowest BCUT2D eigenvalue weighted by Crippen LogP contribution is -2.43. The van der Waals surface area contributed by atoms with Gasteiger partial charge in [-0.2, -0.15) is 0 Å². The van der Waals surface area contributed by atoms with Gasteiger partial charge in [0.15, 0.2) is 5.75 Å². The van der Waals surface area contributed by atoms with E-state index in [9.17, 15) is 0 Å². The van der Waals surface area contributed by atoms with Crippen LogP contribution in [0, 0.1) is 0 Å². The summed E-state index contributed by atoms with van der Waals surface area (Å²) in [6.07, 6.45) is 0. The predicted octanol–water partition coefficient (Wildman–Crippen LogP) is 8.93. The Morgan fingerprint density at radius 2 is 1.39 bits per heavy atom. The Labute approximate surface area is 203 Å². The highest BCUT2D eigenvalue weighted by Crippen LogP contribution is 2.42. The van der Waals surface area contributed by atoms with Gasteiger partial charge in [-0.15, -0.1) is 11.6 Å². The zero-order chi connectivity index (χ0) is 23.6. The Bertz CT molecular complexity index is 864. The molecule has 7 heteroatoms. The molecule has 0 saturated heterocycles. The van der Waals surface area contributed by atoms with Crippen LogP contribution in [-0.2, 0) is 0 Å². The van der Waals surface area contributed by atoms with Gasteiger partial charge >= 0.3 is 0 Å². The molecule has 0 radical (unpaired) electrons. The second-order valence-electron chi connectivity index (χ2n) is 10.1. The summed E-state index contributed by atoms with van der Waals surface area (Å²) in [5.74, 6) is 1.72. The van der Waals surface area contributed by atoms with Crippen molar-refractivity contribution in [3.05, 3.63) is 46.4 Å². The predicted molar refractivity (Wildman–Crippen MR) is 139 cm³/mol. The SMILES string of the molecule is CC(C)(C)N(c1ccc(O[Si](C)(C)C(C)(C)C)cc1)c1cc(Cl)c(OCCCl)c(Cl)c1. The van der Waals surface area contributed by atoms with Crippen LogP contribution < -0.4 is 14.1 Å². The molecule has 0 aliphatic heterocycles. The Hall–Kier alpha value is -1.07. The molecule has 0 amide bonds. The van der Waals surface area contributed by atoms with Crippen LogP contribution in [0.1, 0.15) is 41.5 Å². The minimum Gasteiger partial charge on any atom is -0.544 e. The lowest BCUT2D eigenvalue weighted by Gasteiger charge is -2.39. The number of ether oxygens (including phenoxy) is 1. The highest BCUT2D eigenvalue weighted by molar-refractivity contribution is 6.74. The number of nitrogens with zero attached hydrogens (tertiary/aromatic N) is 1. The first-order valence-corrected chi connectivity index (χ1v) is 14.6. The Morgan fingerprint density at radius 3 is 1.81 bits per heavy atom. The van der Waals surface area contributed by atoms with Crippen LogP contribution in [0.15, 0.2) is 36.4 Å². The van der Waals surface area contributed by atoms with Crippen molar-refractivity contribution in [2.24, 2.45) is 0 Å². The molecule has 0 aromatic heterocycles. The van der Waals surface area contributed by atoms with Gasteiger partial charge in [-0.05, 0) is 75.3 Å². The van der Waals surface area contributed by atoms with Gasteiger partial charge in [0.2, 0.25) is 8.32 Å². The van der Waals surface area contributed by atoms with Crippen molar-refractivity contribution in [3.63, 3.8) is 0 Å². The van der Waals surface area contributed by atoms with E-state index < -0.39 is 8.32 Å². The molecule has 0 aliphatic carbocycles. The lowest BCUT2D eigenvalue weighted by molar-refractivity contribution is 0.343. The van der Waals surface area contributed by atoms with Gasteiger partial charge in [0.05, 0.1) is 15.9 Å². The summed E-state index contributed by atoms with van der Waals surface area (Å²) in [5.41, 5.74) is 1.70. The molecule has 3 nitrogen and oxygen atoms in total. The van der Waals surface area contributed by atoms with Gasteiger partial charge in [0.1, 0.15) is 12.4 Å². The Morgan fingerprint density at radius 1 is 0.871 bits per heavy atom. The highest BCUT2D eigenvalue weighted by Gasteiger charge is 2.39. The Balaban J connectivity index is 2.41. The number of rotatable bonds is 7. The second-order valence-corrected chi connectivity index (χ2v) is 16.1. The third-order valence-corrected chi connectivity index (χ3v) is 10.6. The highest BCUT2D eigenvalue weighted by atomic mass is 35.5. The zero-order valence-corrected chi connectivity index (χ0v) is 23.0. The fraction of sp³-hybridized carbons (Fsp3) is 0.500. The van der Waals surface area contributed by atoms with Gasteiger partial charge in [-0.1, -0.05) is 44.0 Å². The summed E-state index contributed by atoms with van der Waals surface area (Å²) < 4.78 is 12.0. The molecule has 0 aliphatic rings. The number of benzene rings is 2. The summed E-state index contributed by atoms with van der Waals surface area (Å²) in [5, 5.41) is 1.06. The molecule has 0 fully saturated rings. The van der Waals surface area contributed by atoms with Crippen molar-refractivity contribution < 1.29 is 9.16 Å². The first-order valence-electron chi connectivity index (χ1n) is 10.4. The zero-order valence-electron chi connectivity index (χ0n) is 19.8. The number of alkyl halides is 1. The van der Waals surface area contributed by atoms with Crippen molar-refractivity contribution in [3.8, 4) is 11.5 Å². The van der Waals surface area contributed by atoms with E-state index in [1.807, 2.05) is 24.3 Å². The summed E-state index contributed by atoms with van der Waals surface area (Å²) >= 11 is 18.7. The number of halogens is 3. The van der Waals surface area contributed by atoms with E-state index >= 15 is 0 Å². The molecule has 2 aromatic rings. The first kappa shape index (κ1) is 26.2. The second kappa shape index (κ2) is 9.82. The molecule has 0 spiro atoms. The van der Waals surface area contributed by atoms with E-state index in [0.717, 1.165) is 17.1 Å². The van der Waals surface area contributed by atoms with E-state index in [-0.39, 0.29) is 10.6 Å². The van der Waals surface area contributed by atoms with Gasteiger partial charge in [-0.3, -0.25) is 0 Å². The summed E-state index contributed by atoms with van der Waals surface area (Å²) in [4.78, 5) is 2.20. The molecule has 0 saturated carbocycles. The largest absolute Gasteiger partial charge is 0.544 e. The van der Waals surface area contributed by atoms with E-state index in [2.05, 4.69) is 71.7 Å². The molecule has 0 heterocycles. The molecular weight excluding hydrogens is 469 g/mol. The van der Waals surface area contributed by atoms with E-state index in [1.54, 1.807) is 0 Å². The van der Waals surface area contributed by atoms with Crippen LogP contribution in [-0.4, -0.2) is 26.3 Å². The molecule has 0 unspecified atom stereocenters. The maximum Gasteiger partial charge on any atom is 0.250 e. The van der Waals surface area contributed by atoms with Crippen LogP contribution in [0.3, 0.4) is 0 Å². The first-order chi connectivity index (χ1) is 14.2. The maximum atomic E-state index is 6.50. The van der Waals surface area contributed by atoms with Crippen LogP contribution in [0.4, 0.5) is 11.4 Å². The molecule has 0 bridgehead atoms. The van der Waals surface area contributed by atoms with Crippen LogP contribution in [0.5, 0.6) is 11.5 Å². The van der Waals surface area contributed by atoms with E-state index in [4.69, 9.17) is 44.0 Å². The normalized spacial score (nSPS) is 12.6. The van der Waals surface area contributed by atoms with Gasteiger partial charge in [0.25, 0.3) is 0 Å². The van der Waals surface area contributed by atoms with Crippen LogP contribution >= 0.6 is 34.8 Å². The third kappa shape index (κ3) is 6.47. The molecular formula is C24H34Cl3NO2Si. The number of anilines is 2. The Kier molecular flexibility index (Phi) is 8.30. The van der Waals surface area contributed by atoms with Gasteiger partial charge in [0, 0.05) is 16.9 Å². The number of hydrogen-bond donors (Lipinski definition) is 0. The molecule has 2 aromatic carbocycles. The summed E-state index contributed by atoms with van der Waals surface area (Å²) in [7, 11) is -1.90. The van der Waals surface area contributed by atoms with Crippen molar-refractivity contribution in [2.75, 3.05) is 17.4 Å². The molecule has 172 valence electrons. The monoisotopic (exact) mass is 501 g/mol. The molecule has 0 atom stereocenters. The quantitative estimate of drug-likeness (QED) is 0.278. The van der Waals surface area contributed by atoms with E-state index in [1.165, 1.54) is 0 Å². The van der Waals surface area contributed by atoms with Crippen LogP contribution in [0.2, 0.25) is 28.2 Å². The minimum absolute atomic E-state index is 0.143. The van der Waals surface area contributed by atoms with Crippen LogP contribution in [0.25, 0.3) is 0 Å². The minimum atomic E-state index is -1.90. The van der Waals surface area contributed by atoms with Gasteiger partial charge in [-0.25, -0.2) is 0 Å². The molecule has 2 rings (SSSR count). The smallest absolute Gasteiger partial charge is 0.250 e. The van der Waals surface area contributed by atoms with Crippen molar-refractivity contribution in [1.82, 2.24) is 0 Å². The van der Waals surface area contributed by atoms with E-state index in [0.29, 0.717) is 28.3 Å². The van der Waals surface area contributed by atoms with Crippen molar-refractivity contribution >= 4 is 54.5 Å². The standard InChI is InChI=1S/C24H34Cl3NO2Si/c1-23(2,3)28(18-15-20(26)22(21(27)16-18)29-14-13-25)17-9-11-19(12-10-17)30-31(7,8)24(4,5)6/h9-12,15-16H,13-14H2,1-8H3. The average molecular weight is 503 g/mol. The maximum absolute atomic E-state index is 6.50. The summed E-state index contributed by atoms with van der Waals surface area (Å²) in [6, 6.07) is 12.0. The summed E-state index contributed by atoms with van der Waals surface area (Å²) in [6.45, 7) is 18.0. The third-order valence-electron chi connectivity index (χ3n) is 5.51. The topological polar surface area (TPSA) is 21.7 Å². The fourth-order valence-corrected chi connectivity index (χ4v) is 4.68. The molecule has 31 heavy (non-hydrogen) atoms. The lowest BCUT2D eigenvalue weighted by atomic mass is 10.0. The van der Waals surface area contributed by atoms with Crippen molar-refractivity contribution in [2.45, 2.75) is 65.2 Å². The fourth-order valence-electron chi connectivity index (χ4n) is 2.99. The molecule has 0 N–H and O–H groups in total. The number of hydrogen-bond acceptors (Lipinski definition) is 3.